The molecule has 2 aromatic rings. The Bertz CT molecular complexity index is 821. The predicted molar refractivity (Wildman–Crippen MR) is 101 cm³/mol. The van der Waals surface area contributed by atoms with Crippen LogP contribution in [-0.4, -0.2) is 24.9 Å². The monoisotopic (exact) mass is 354 g/mol. The van der Waals surface area contributed by atoms with E-state index in [9.17, 15) is 14.0 Å². The Hall–Kier alpha value is -2.69. The topological polar surface area (TPSA) is 40.6 Å². The Balaban J connectivity index is 1.83. The molecule has 4 nitrogen and oxygen atoms in total. The fourth-order valence-electron chi connectivity index (χ4n) is 3.47. The van der Waals surface area contributed by atoms with Crippen LogP contribution in [0.1, 0.15) is 25.3 Å². The summed E-state index contributed by atoms with van der Waals surface area (Å²) in [6.45, 7) is 4.77. The number of hydrogen-bond acceptors (Lipinski definition) is 2. The van der Waals surface area contributed by atoms with Crippen LogP contribution in [0.5, 0.6) is 0 Å². The smallest absolute Gasteiger partial charge is 0.231 e. The number of amides is 2. The minimum atomic E-state index is -0.390. The van der Waals surface area contributed by atoms with Crippen molar-refractivity contribution < 1.29 is 14.0 Å². The number of para-hydroxylation sites is 1. The van der Waals surface area contributed by atoms with E-state index in [1.54, 1.807) is 17.0 Å². The summed E-state index contributed by atoms with van der Waals surface area (Å²) in [5.41, 5.74) is 2.44. The molecular formula is C21H23FN2O2. The van der Waals surface area contributed by atoms with Crippen LogP contribution in [0.2, 0.25) is 0 Å². The van der Waals surface area contributed by atoms with E-state index in [0.29, 0.717) is 18.7 Å². The summed E-state index contributed by atoms with van der Waals surface area (Å²) in [4.78, 5) is 28.8. The quantitative estimate of drug-likeness (QED) is 0.835. The molecule has 1 fully saturated rings. The number of hydrogen-bond donors (Lipinski definition) is 0. The van der Waals surface area contributed by atoms with Gasteiger partial charge in [-0.15, -0.1) is 0 Å². The number of nitrogens with zero attached hydrogens (tertiary/aromatic N) is 2. The highest BCUT2D eigenvalue weighted by Gasteiger charge is 2.33. The first-order valence-electron chi connectivity index (χ1n) is 8.94. The van der Waals surface area contributed by atoms with E-state index in [1.165, 1.54) is 17.0 Å². The summed E-state index contributed by atoms with van der Waals surface area (Å²) in [7, 11) is 0. The number of carbonyl (C=O) groups is 2. The van der Waals surface area contributed by atoms with Crippen LogP contribution in [-0.2, 0) is 9.59 Å². The van der Waals surface area contributed by atoms with Gasteiger partial charge in [-0.2, -0.15) is 0 Å². The highest BCUT2D eigenvalue weighted by Crippen LogP contribution is 2.28. The third-order valence-corrected chi connectivity index (χ3v) is 4.87. The molecule has 2 aromatic carbocycles. The third-order valence-electron chi connectivity index (χ3n) is 4.87. The van der Waals surface area contributed by atoms with Crippen LogP contribution in [0.15, 0.2) is 48.5 Å². The molecule has 1 aliphatic rings. The molecule has 1 saturated heterocycles. The van der Waals surface area contributed by atoms with Crippen molar-refractivity contribution in [2.45, 2.75) is 26.7 Å². The first kappa shape index (κ1) is 18.1. The molecule has 0 spiro atoms. The van der Waals surface area contributed by atoms with E-state index < -0.39 is 0 Å². The van der Waals surface area contributed by atoms with Crippen molar-refractivity contribution in [1.82, 2.24) is 0 Å². The van der Waals surface area contributed by atoms with Crippen molar-refractivity contribution in [3.05, 3.63) is 59.9 Å². The highest BCUT2D eigenvalue weighted by molar-refractivity contribution is 6.00. The van der Waals surface area contributed by atoms with Crippen molar-refractivity contribution in [2.24, 2.45) is 5.92 Å². The van der Waals surface area contributed by atoms with E-state index in [2.05, 4.69) is 0 Å². The van der Waals surface area contributed by atoms with Crippen molar-refractivity contribution in [2.75, 3.05) is 22.9 Å². The lowest BCUT2D eigenvalue weighted by atomic mass is 9.95. The zero-order chi connectivity index (χ0) is 18.7. The third kappa shape index (κ3) is 3.62. The van der Waals surface area contributed by atoms with E-state index in [0.717, 1.165) is 11.3 Å². The first-order valence-corrected chi connectivity index (χ1v) is 8.94. The van der Waals surface area contributed by atoms with Crippen molar-refractivity contribution in [1.29, 1.82) is 0 Å². The predicted octanol–water partition coefficient (Wildman–Crippen LogP) is 3.93. The van der Waals surface area contributed by atoms with Gasteiger partial charge in [-0.25, -0.2) is 4.39 Å². The van der Waals surface area contributed by atoms with Crippen LogP contribution in [0, 0.1) is 18.7 Å². The van der Waals surface area contributed by atoms with Crippen molar-refractivity contribution in [3.8, 4) is 0 Å². The molecule has 0 N–H and O–H groups in total. The van der Waals surface area contributed by atoms with Crippen LogP contribution in [0.4, 0.5) is 15.8 Å². The summed E-state index contributed by atoms with van der Waals surface area (Å²) in [5.74, 6) is -0.747. The Morgan fingerprint density at radius 3 is 2.69 bits per heavy atom. The molecule has 5 heteroatoms. The molecular weight excluding hydrogens is 331 g/mol. The van der Waals surface area contributed by atoms with Crippen molar-refractivity contribution >= 4 is 23.2 Å². The number of rotatable bonds is 4. The minimum absolute atomic E-state index is 0.00991. The van der Waals surface area contributed by atoms with Gasteiger partial charge in [-0.1, -0.05) is 24.3 Å². The molecule has 1 unspecified atom stereocenters. The van der Waals surface area contributed by atoms with Crippen molar-refractivity contribution in [3.63, 3.8) is 0 Å². The Labute approximate surface area is 153 Å². The Morgan fingerprint density at radius 2 is 2.00 bits per heavy atom. The SMILES string of the molecule is CCN(C(=O)C1CCC(=O)N(c2cccc(F)c2)C1)c1ccccc1C. The number of piperidine rings is 1. The Morgan fingerprint density at radius 1 is 1.23 bits per heavy atom. The first-order chi connectivity index (χ1) is 12.5. The van der Waals surface area contributed by atoms with Gasteiger partial charge < -0.3 is 9.80 Å². The Kier molecular flexibility index (Phi) is 5.35. The second-order valence-electron chi connectivity index (χ2n) is 6.59. The van der Waals surface area contributed by atoms with Gasteiger partial charge in [0.1, 0.15) is 5.82 Å². The maximum Gasteiger partial charge on any atom is 0.231 e. The lowest BCUT2D eigenvalue weighted by Crippen LogP contribution is -2.47. The molecule has 0 bridgehead atoms. The average molecular weight is 354 g/mol. The summed E-state index contributed by atoms with van der Waals surface area (Å²) in [5, 5.41) is 0. The largest absolute Gasteiger partial charge is 0.312 e. The molecule has 0 aliphatic carbocycles. The van der Waals surface area contributed by atoms with E-state index >= 15 is 0 Å². The van der Waals surface area contributed by atoms with Gasteiger partial charge in [-0.05, 0) is 50.1 Å². The number of halogens is 1. The fraction of sp³-hybridized carbons (Fsp3) is 0.333. The minimum Gasteiger partial charge on any atom is -0.312 e. The van der Waals surface area contributed by atoms with Gasteiger partial charge in [0.2, 0.25) is 11.8 Å². The molecule has 1 heterocycles. The van der Waals surface area contributed by atoms with Gasteiger partial charge in [0.15, 0.2) is 0 Å². The highest BCUT2D eigenvalue weighted by atomic mass is 19.1. The zero-order valence-corrected chi connectivity index (χ0v) is 15.1. The molecule has 2 amide bonds. The normalized spacial score (nSPS) is 17.3. The van der Waals surface area contributed by atoms with Crippen LogP contribution < -0.4 is 9.80 Å². The molecule has 1 atom stereocenters. The summed E-state index contributed by atoms with van der Waals surface area (Å²) in [6.07, 6.45) is 0.810. The lowest BCUT2D eigenvalue weighted by molar-refractivity contribution is -0.125. The molecule has 0 radical (unpaired) electrons. The standard InChI is InChI=1S/C21H23FN2O2/c1-3-23(19-10-5-4-7-15(19)2)21(26)16-11-12-20(25)24(14-16)18-9-6-8-17(22)13-18/h4-10,13,16H,3,11-12,14H2,1-2H3. The summed E-state index contributed by atoms with van der Waals surface area (Å²) >= 11 is 0. The molecule has 3 rings (SSSR count). The molecule has 0 saturated carbocycles. The number of aryl methyl sites for hydroxylation is 1. The second-order valence-corrected chi connectivity index (χ2v) is 6.59. The number of anilines is 2. The maximum absolute atomic E-state index is 13.5. The van der Waals surface area contributed by atoms with Gasteiger partial charge in [0, 0.05) is 30.9 Å². The van der Waals surface area contributed by atoms with E-state index in [-0.39, 0.29) is 36.5 Å². The molecule has 26 heavy (non-hydrogen) atoms. The fourth-order valence-corrected chi connectivity index (χ4v) is 3.47. The van der Waals surface area contributed by atoms with Gasteiger partial charge in [0.25, 0.3) is 0 Å². The number of benzene rings is 2. The average Bonchev–Trinajstić information content (AvgIpc) is 2.64. The van der Waals surface area contributed by atoms with Gasteiger partial charge >= 0.3 is 0 Å². The van der Waals surface area contributed by atoms with Gasteiger partial charge in [-0.3, -0.25) is 9.59 Å². The molecule has 0 aromatic heterocycles. The van der Waals surface area contributed by atoms with Crippen LogP contribution in [0.25, 0.3) is 0 Å². The van der Waals surface area contributed by atoms with E-state index in [4.69, 9.17) is 0 Å². The summed E-state index contributed by atoms with van der Waals surface area (Å²) < 4.78 is 13.5. The zero-order valence-electron chi connectivity index (χ0n) is 15.1. The van der Waals surface area contributed by atoms with Crippen LogP contribution in [0.3, 0.4) is 0 Å². The van der Waals surface area contributed by atoms with E-state index in [1.807, 2.05) is 38.1 Å². The second kappa shape index (κ2) is 7.68. The molecule has 136 valence electrons. The number of carbonyl (C=O) groups excluding carboxylic acids is 2. The lowest BCUT2D eigenvalue weighted by Gasteiger charge is -2.35. The van der Waals surface area contributed by atoms with Gasteiger partial charge in [0.05, 0.1) is 5.92 Å². The maximum atomic E-state index is 13.5. The summed E-state index contributed by atoms with van der Waals surface area (Å²) in [6, 6.07) is 13.7. The van der Waals surface area contributed by atoms with Crippen LogP contribution >= 0.6 is 0 Å². The molecule has 1 aliphatic heterocycles.